The number of fused-ring (bicyclic) bond motifs is 1. The number of carbonyl (C=O) groups is 2. The number of hydrogen-bond acceptors (Lipinski definition) is 3. The number of hydrogen-bond donors (Lipinski definition) is 1. The third-order valence-electron chi connectivity index (χ3n) is 3.63. The monoisotopic (exact) mass is 293 g/mol. The second-order valence-corrected chi connectivity index (χ2v) is 4.98. The fourth-order valence-corrected chi connectivity index (χ4v) is 2.49. The Kier molecular flexibility index (Phi) is 3.70. The van der Waals surface area contributed by atoms with Gasteiger partial charge in [-0.15, -0.1) is 0 Å². The van der Waals surface area contributed by atoms with Crippen molar-refractivity contribution >= 4 is 29.4 Å². The molecule has 1 heterocycles. The van der Waals surface area contributed by atoms with Crippen LogP contribution in [0.15, 0.2) is 53.5 Å². The predicted octanol–water partition coefficient (Wildman–Crippen LogP) is 2.07. The highest BCUT2D eigenvalue weighted by Crippen LogP contribution is 2.28. The summed E-state index contributed by atoms with van der Waals surface area (Å²) in [5, 5.41) is 2.64. The van der Waals surface area contributed by atoms with Crippen molar-refractivity contribution in [2.24, 2.45) is 4.99 Å². The van der Waals surface area contributed by atoms with Crippen molar-refractivity contribution in [2.45, 2.75) is 0 Å². The summed E-state index contributed by atoms with van der Waals surface area (Å²) in [5.41, 5.74) is 3.96. The Morgan fingerprint density at radius 2 is 1.95 bits per heavy atom. The molecule has 110 valence electrons. The first kappa shape index (κ1) is 14.0. The molecule has 1 N–H and O–H groups in total. The lowest BCUT2D eigenvalue weighted by Gasteiger charge is -2.18. The maximum atomic E-state index is 12.1. The number of amides is 2. The number of likely N-dealkylation sites (N-methyl/N-ethyl adjacent to an activating group) is 1. The molecular weight excluding hydrogens is 278 g/mol. The van der Waals surface area contributed by atoms with Crippen LogP contribution in [-0.2, 0) is 9.59 Å². The third kappa shape index (κ3) is 2.48. The molecule has 0 fully saturated rings. The molecule has 0 saturated carbocycles. The highest BCUT2D eigenvalue weighted by atomic mass is 16.2. The topological polar surface area (TPSA) is 61.8 Å². The van der Waals surface area contributed by atoms with Crippen LogP contribution in [0.1, 0.15) is 11.1 Å². The minimum absolute atomic E-state index is 0.0664. The molecule has 1 aliphatic heterocycles. The van der Waals surface area contributed by atoms with E-state index in [0.29, 0.717) is 12.1 Å². The number of benzene rings is 2. The zero-order valence-electron chi connectivity index (χ0n) is 12.1. The average molecular weight is 293 g/mol. The molecule has 5 heteroatoms. The van der Waals surface area contributed by atoms with Crippen LogP contribution in [0, 0.1) is 0 Å². The lowest BCUT2D eigenvalue weighted by Crippen LogP contribution is -2.27. The van der Waals surface area contributed by atoms with E-state index in [1.54, 1.807) is 18.0 Å². The Labute approximate surface area is 128 Å². The zero-order chi connectivity index (χ0) is 15.5. The molecule has 3 rings (SSSR count). The summed E-state index contributed by atoms with van der Waals surface area (Å²) in [6.07, 6.45) is 0.632. The number of rotatable bonds is 3. The molecule has 0 radical (unpaired) electrons. The minimum Gasteiger partial charge on any atom is -0.329 e. The van der Waals surface area contributed by atoms with Crippen molar-refractivity contribution in [3.8, 4) is 0 Å². The van der Waals surface area contributed by atoms with Crippen LogP contribution in [0.2, 0.25) is 0 Å². The van der Waals surface area contributed by atoms with Gasteiger partial charge in [0.2, 0.25) is 12.3 Å². The molecule has 0 bridgehead atoms. The van der Waals surface area contributed by atoms with Gasteiger partial charge in [0, 0.05) is 23.9 Å². The van der Waals surface area contributed by atoms with Gasteiger partial charge in [0.05, 0.1) is 11.4 Å². The van der Waals surface area contributed by atoms with Crippen LogP contribution in [0.3, 0.4) is 0 Å². The van der Waals surface area contributed by atoms with Gasteiger partial charge in [0.25, 0.3) is 0 Å². The van der Waals surface area contributed by atoms with Crippen molar-refractivity contribution in [2.75, 3.05) is 23.8 Å². The quantitative estimate of drug-likeness (QED) is 0.881. The van der Waals surface area contributed by atoms with Crippen molar-refractivity contribution in [1.29, 1.82) is 0 Å². The van der Waals surface area contributed by atoms with E-state index < -0.39 is 0 Å². The number of nitrogens with one attached hydrogen (secondary N) is 1. The summed E-state index contributed by atoms with van der Waals surface area (Å²) in [4.78, 5) is 28.9. The maximum Gasteiger partial charge on any atom is 0.248 e. The summed E-state index contributed by atoms with van der Waals surface area (Å²) < 4.78 is 0. The van der Waals surface area contributed by atoms with Gasteiger partial charge in [-0.25, -0.2) is 0 Å². The minimum atomic E-state index is -0.0664. The molecule has 1 aliphatic rings. The van der Waals surface area contributed by atoms with Crippen LogP contribution < -0.4 is 10.2 Å². The molecule has 2 aromatic rings. The fourth-order valence-electron chi connectivity index (χ4n) is 2.49. The Balaban J connectivity index is 2.19. The third-order valence-corrected chi connectivity index (χ3v) is 3.63. The highest BCUT2D eigenvalue weighted by molar-refractivity contribution is 6.20. The van der Waals surface area contributed by atoms with Gasteiger partial charge in [-0.3, -0.25) is 14.6 Å². The molecule has 0 atom stereocenters. The fraction of sp³-hybridized carbons (Fsp3) is 0.118. The Morgan fingerprint density at radius 1 is 1.18 bits per heavy atom. The van der Waals surface area contributed by atoms with Gasteiger partial charge in [-0.05, 0) is 18.2 Å². The molecule has 0 saturated heterocycles. The first-order valence-corrected chi connectivity index (χ1v) is 6.92. The van der Waals surface area contributed by atoms with Gasteiger partial charge >= 0.3 is 0 Å². The smallest absolute Gasteiger partial charge is 0.248 e. The number of nitrogens with zero attached hydrogens (tertiary/aromatic N) is 2. The van der Waals surface area contributed by atoms with Gasteiger partial charge in [0.1, 0.15) is 6.54 Å². The van der Waals surface area contributed by atoms with Crippen molar-refractivity contribution in [3.05, 3.63) is 59.7 Å². The van der Waals surface area contributed by atoms with E-state index >= 15 is 0 Å². The first-order valence-electron chi connectivity index (χ1n) is 6.92. The van der Waals surface area contributed by atoms with Crippen LogP contribution >= 0.6 is 0 Å². The molecule has 0 spiro atoms. The lowest BCUT2D eigenvalue weighted by molar-refractivity contribution is -0.117. The van der Waals surface area contributed by atoms with Crippen LogP contribution in [0.4, 0.5) is 11.4 Å². The largest absolute Gasteiger partial charge is 0.329 e. The number of anilines is 2. The van der Waals surface area contributed by atoms with Gasteiger partial charge < -0.3 is 10.2 Å². The van der Waals surface area contributed by atoms with Crippen LogP contribution in [0.25, 0.3) is 0 Å². The second-order valence-electron chi connectivity index (χ2n) is 4.98. The molecular formula is C17H15N3O2. The maximum absolute atomic E-state index is 12.1. The highest BCUT2D eigenvalue weighted by Gasteiger charge is 2.22. The lowest BCUT2D eigenvalue weighted by atomic mass is 9.99. The summed E-state index contributed by atoms with van der Waals surface area (Å²) in [7, 11) is 1.73. The summed E-state index contributed by atoms with van der Waals surface area (Å²) in [6.45, 7) is 0.103. The molecule has 2 amide bonds. The predicted molar refractivity (Wildman–Crippen MR) is 86.5 cm³/mol. The average Bonchev–Trinajstić information content (AvgIpc) is 2.67. The zero-order valence-corrected chi connectivity index (χ0v) is 12.1. The normalized spacial score (nSPS) is 14.0. The molecule has 2 aromatic carbocycles. The van der Waals surface area contributed by atoms with E-state index in [-0.39, 0.29) is 12.5 Å². The van der Waals surface area contributed by atoms with Crippen molar-refractivity contribution in [1.82, 2.24) is 0 Å². The molecule has 0 aliphatic carbocycles. The summed E-state index contributed by atoms with van der Waals surface area (Å²) in [6, 6.07) is 15.1. The summed E-state index contributed by atoms with van der Waals surface area (Å²) >= 11 is 0. The number of benzodiazepines with no additional fused rings is 1. The van der Waals surface area contributed by atoms with Crippen molar-refractivity contribution < 1.29 is 9.59 Å². The van der Waals surface area contributed by atoms with Crippen molar-refractivity contribution in [3.63, 3.8) is 0 Å². The van der Waals surface area contributed by atoms with Crippen LogP contribution in [0.5, 0.6) is 0 Å². The SMILES string of the molecule is CN1C(=O)CN=C(c2ccccc2)c2cc(NC=O)ccc21. The number of aliphatic imine (C=N–C) groups is 1. The number of carbonyl (C=O) groups excluding carboxylic acids is 2. The van der Waals surface area contributed by atoms with E-state index in [9.17, 15) is 9.59 Å². The standard InChI is InChI=1S/C17H15N3O2/c1-20-15-8-7-13(19-11-21)9-14(15)17(18-10-16(20)22)12-5-3-2-4-6-12/h2-9,11H,10H2,1H3,(H,19,21). The van der Waals surface area contributed by atoms with Crippen LogP contribution in [-0.4, -0.2) is 31.6 Å². The van der Waals surface area contributed by atoms with Gasteiger partial charge in [-0.2, -0.15) is 0 Å². The Bertz CT molecular complexity index is 754. The molecule has 22 heavy (non-hydrogen) atoms. The molecule has 0 unspecified atom stereocenters. The van der Waals surface area contributed by atoms with E-state index in [0.717, 1.165) is 22.5 Å². The van der Waals surface area contributed by atoms with E-state index in [1.807, 2.05) is 42.5 Å². The van der Waals surface area contributed by atoms with Gasteiger partial charge in [0.15, 0.2) is 0 Å². The molecule has 0 aromatic heterocycles. The van der Waals surface area contributed by atoms with E-state index in [2.05, 4.69) is 10.3 Å². The summed E-state index contributed by atoms with van der Waals surface area (Å²) in [5.74, 6) is -0.0664. The first-order chi connectivity index (χ1) is 10.7. The second kappa shape index (κ2) is 5.81. The Morgan fingerprint density at radius 3 is 2.68 bits per heavy atom. The van der Waals surface area contributed by atoms with Gasteiger partial charge in [-0.1, -0.05) is 30.3 Å². The van der Waals surface area contributed by atoms with E-state index in [4.69, 9.17) is 0 Å². The van der Waals surface area contributed by atoms with E-state index in [1.165, 1.54) is 0 Å². The Hall–Kier alpha value is -2.95. The molecule has 5 nitrogen and oxygen atoms in total.